The third-order valence-corrected chi connectivity index (χ3v) is 16.7. The molecule has 30 nitrogen and oxygen atoms in total. The molecule has 0 aliphatic carbocycles. The number of hydrogen-bond acceptors (Lipinski definition) is 24. The Balaban J connectivity index is 1.19. The van der Waals surface area contributed by atoms with Crippen LogP contribution in [0.3, 0.4) is 0 Å². The van der Waals surface area contributed by atoms with Crippen molar-refractivity contribution >= 4 is 70.9 Å². The maximum Gasteiger partial charge on any atom is 0.261 e. The average Bonchev–Trinajstić information content (AvgIpc) is 2.88. The normalized spacial score (nSPS) is 25.4. The molecule has 484 valence electrons. The Hall–Kier alpha value is -7.60. The van der Waals surface area contributed by atoms with Gasteiger partial charge in [-0.05, 0) is 73.0 Å². The van der Waals surface area contributed by atoms with Crippen LogP contribution in [0.15, 0.2) is 72.9 Å². The van der Waals surface area contributed by atoms with Crippen molar-refractivity contribution in [1.82, 2.24) is 41.4 Å². The third kappa shape index (κ3) is 17.6. The monoisotopic (exact) mass is 1280 g/mol. The average molecular weight is 1280 g/mol. The Morgan fingerprint density at radius 2 is 1.48 bits per heavy atom. The molecular weight excluding hydrogens is 1210 g/mol. The zero-order chi connectivity index (χ0) is 64.8. The standard InChI is InChI=1S/C57H73N9O21S2/c1-4-5-6-7-18-84-35-15-12-31(13-16-35)55-60-24-41(88-55)29-8-10-30(11-9-29)50(76)61-36-20-33(68)23-59-54(80)46-47(73)27(2)25-66(46)57(82)44(39(71)22-42(58)72)63-53(79)45(49(75)48(74)32-14-17-38(70)40(19-32)85-89-87-86-83)64-52(78)37-21-34(69)26-65(37)56(81)43(28(3)67)62-51(36)77/h8-17,19,24,27-28,33-34,36-37,39,43-49,67-71,73-75,83H,4-7,18,20-23,25-26H2,1-3H3,(H2,58,72)(H,59,80)(H,61,76)(H,62,77)(H,63,79)(H,64,78). The number of amides is 8. The van der Waals surface area contributed by atoms with Gasteiger partial charge in [-0.15, -0.1) is 11.3 Å². The number of fused-ring (bicyclic) bond motifs is 2. The van der Waals surface area contributed by atoms with Crippen LogP contribution in [0, 0.1) is 5.92 Å². The lowest BCUT2D eigenvalue weighted by Gasteiger charge is -2.34. The van der Waals surface area contributed by atoms with E-state index in [1.165, 1.54) is 30.4 Å². The number of ether oxygens (including phenoxy) is 1. The predicted octanol–water partition coefficient (Wildman–Crippen LogP) is -1.18. The van der Waals surface area contributed by atoms with Crippen molar-refractivity contribution in [3.05, 3.63) is 84.1 Å². The van der Waals surface area contributed by atoms with Crippen LogP contribution in [-0.4, -0.2) is 207 Å². The fourth-order valence-electron chi connectivity index (χ4n) is 10.4. The number of aromatic hydroxyl groups is 1. The fraction of sp³-hybridized carbons (Fsp3) is 0.491. The van der Waals surface area contributed by atoms with E-state index in [0.29, 0.717) is 12.2 Å². The summed E-state index contributed by atoms with van der Waals surface area (Å²) in [5, 5.41) is 115. The second-order valence-corrected chi connectivity index (χ2v) is 23.4. The Morgan fingerprint density at radius 1 is 0.809 bits per heavy atom. The van der Waals surface area contributed by atoms with E-state index < -0.39 is 183 Å². The molecule has 3 saturated heterocycles. The van der Waals surface area contributed by atoms with Gasteiger partial charge in [0.2, 0.25) is 41.4 Å². The van der Waals surface area contributed by atoms with E-state index in [1.807, 2.05) is 24.3 Å². The van der Waals surface area contributed by atoms with Crippen LogP contribution in [0.5, 0.6) is 17.2 Å². The zero-order valence-electron chi connectivity index (χ0n) is 48.4. The smallest absolute Gasteiger partial charge is 0.261 e. The number of carbonyl (C=O) groups excluding carboxylic acids is 8. The highest BCUT2D eigenvalue weighted by Gasteiger charge is 2.50. The van der Waals surface area contributed by atoms with E-state index in [2.05, 4.69) is 47.9 Å². The molecule has 4 heterocycles. The molecule has 0 radical (unpaired) electrons. The van der Waals surface area contributed by atoms with E-state index >= 15 is 0 Å². The van der Waals surface area contributed by atoms with Crippen LogP contribution >= 0.6 is 23.7 Å². The number of aromatic nitrogens is 1. The van der Waals surface area contributed by atoms with Crippen molar-refractivity contribution in [2.24, 2.45) is 11.7 Å². The number of thiazole rings is 1. The van der Waals surface area contributed by atoms with Gasteiger partial charge in [0.15, 0.2) is 11.5 Å². The van der Waals surface area contributed by atoms with Gasteiger partial charge in [0.25, 0.3) is 18.2 Å². The minimum Gasteiger partial charge on any atom is -0.504 e. The van der Waals surface area contributed by atoms with Gasteiger partial charge in [-0.25, -0.2) is 10.2 Å². The molecule has 1 aromatic heterocycles. The molecule has 89 heavy (non-hydrogen) atoms. The highest BCUT2D eigenvalue weighted by molar-refractivity contribution is 7.90. The number of phenols is 1. The zero-order valence-corrected chi connectivity index (χ0v) is 50.1. The Labute approximate surface area is 517 Å². The van der Waals surface area contributed by atoms with Crippen LogP contribution in [-0.2, 0) is 42.9 Å². The number of hydrogen-bond donors (Lipinski definition) is 15. The van der Waals surface area contributed by atoms with Crippen LogP contribution in [0.1, 0.15) is 87.7 Å². The fourth-order valence-corrected chi connectivity index (χ4v) is 11.6. The van der Waals surface area contributed by atoms with Crippen molar-refractivity contribution in [2.75, 3.05) is 26.2 Å². The summed E-state index contributed by atoms with van der Waals surface area (Å²) < 4.78 is 15.1. The number of aliphatic hydroxyl groups is 7. The summed E-state index contributed by atoms with van der Waals surface area (Å²) in [4.78, 5) is 120. The first kappa shape index (κ1) is 68.9. The molecule has 14 atom stereocenters. The molecule has 14 unspecified atom stereocenters. The Morgan fingerprint density at radius 3 is 2.16 bits per heavy atom. The highest BCUT2D eigenvalue weighted by Crippen LogP contribution is 2.36. The predicted molar refractivity (Wildman–Crippen MR) is 314 cm³/mol. The van der Waals surface area contributed by atoms with E-state index in [-0.39, 0.29) is 23.5 Å². The van der Waals surface area contributed by atoms with Gasteiger partial charge in [-0.3, -0.25) is 38.4 Å². The van der Waals surface area contributed by atoms with Gasteiger partial charge in [-0.1, -0.05) is 60.7 Å². The molecule has 3 fully saturated rings. The number of nitrogens with two attached hydrogens (primary N) is 1. The third-order valence-electron chi connectivity index (χ3n) is 15.2. The highest BCUT2D eigenvalue weighted by atomic mass is 32.2. The van der Waals surface area contributed by atoms with E-state index in [9.17, 15) is 79.2 Å². The summed E-state index contributed by atoms with van der Waals surface area (Å²) in [5.74, 6) is -11.1. The van der Waals surface area contributed by atoms with E-state index in [4.69, 9.17) is 19.9 Å². The van der Waals surface area contributed by atoms with Crippen molar-refractivity contribution in [3.63, 3.8) is 0 Å². The van der Waals surface area contributed by atoms with Gasteiger partial charge >= 0.3 is 0 Å². The van der Waals surface area contributed by atoms with Crippen molar-refractivity contribution in [3.8, 4) is 38.3 Å². The van der Waals surface area contributed by atoms with Crippen LogP contribution in [0.25, 0.3) is 21.0 Å². The van der Waals surface area contributed by atoms with Gasteiger partial charge in [0, 0.05) is 55.7 Å². The number of primary amides is 1. The van der Waals surface area contributed by atoms with Crippen LogP contribution < -0.4 is 41.2 Å². The molecule has 0 bridgehead atoms. The molecule has 0 spiro atoms. The summed E-state index contributed by atoms with van der Waals surface area (Å²) in [5.41, 5.74) is 6.59. The second-order valence-electron chi connectivity index (χ2n) is 21.9. The Kier molecular flexibility index (Phi) is 24.6. The first-order valence-electron chi connectivity index (χ1n) is 28.5. The van der Waals surface area contributed by atoms with Gasteiger partial charge in [0.1, 0.15) is 59.2 Å². The van der Waals surface area contributed by atoms with Crippen LogP contribution in [0.4, 0.5) is 0 Å². The molecule has 8 amide bonds. The number of phenolic OH excluding ortho intramolecular Hbond substituents is 1. The molecule has 4 aromatic rings. The molecule has 3 aliphatic heterocycles. The van der Waals surface area contributed by atoms with Crippen molar-refractivity contribution < 1.29 is 103 Å². The van der Waals surface area contributed by atoms with Gasteiger partial charge in [-0.2, -0.15) is 0 Å². The van der Waals surface area contributed by atoms with Crippen LogP contribution in [0.2, 0.25) is 0 Å². The second kappa shape index (κ2) is 31.7. The number of benzene rings is 3. The van der Waals surface area contributed by atoms with Crippen molar-refractivity contribution in [1.29, 1.82) is 0 Å². The summed E-state index contributed by atoms with van der Waals surface area (Å²) in [6.07, 6.45) is -10.1. The number of unbranched alkanes of at least 4 members (excludes halogenated alkanes) is 3. The lowest BCUT2D eigenvalue weighted by Crippen LogP contribution is -2.64. The quantitative estimate of drug-likeness (QED) is 0.0202. The molecule has 16 N–H and O–H groups in total. The number of nitrogens with one attached hydrogen (secondary N) is 5. The number of rotatable bonds is 21. The lowest BCUT2D eigenvalue weighted by atomic mass is 9.96. The topological polar surface area (TPSA) is 461 Å². The molecule has 32 heteroatoms. The summed E-state index contributed by atoms with van der Waals surface area (Å²) in [6.45, 7) is 3.47. The molecule has 7 rings (SSSR count). The number of carbonyl (C=O) groups is 8. The molecular formula is C57H73N9O21S2. The van der Waals surface area contributed by atoms with E-state index in [1.54, 1.807) is 18.3 Å². The number of aliphatic hydroxyl groups excluding tert-OH is 7. The molecule has 3 aliphatic rings. The summed E-state index contributed by atoms with van der Waals surface area (Å²) in [6, 6.07) is 4.45. The first-order valence-corrected chi connectivity index (χ1v) is 30.0. The SMILES string of the molecule is CCCCCCOc1ccc(-c2ncc(-c3ccc(C(=O)NC4CC(O)CNC(=O)C5C(O)C(C)CN5C(=O)C(C(O)CC(N)=O)NC(=O)C(C(O)C(O)c5ccc(O)c(OSOOO)c5)NC(=O)C5CC(O)CN5C(=O)C(C(C)O)NC4=O)cc3)s2)cc1. The number of nitrogens with zero attached hydrogens (tertiary/aromatic N) is 3. The largest absolute Gasteiger partial charge is 0.504 e. The Bertz CT molecular complexity index is 3130. The number of β-amino-alcohol motifs (C(OH)–C–C–N with tert-alkyl or cyclic N) is 1. The maximum atomic E-state index is 14.7. The minimum absolute atomic E-state index is 0.0165. The first-order chi connectivity index (χ1) is 42.4. The van der Waals surface area contributed by atoms with Crippen molar-refractivity contribution in [2.45, 2.75) is 145 Å². The van der Waals surface area contributed by atoms with Gasteiger partial charge in [0.05, 0.1) is 48.4 Å². The summed E-state index contributed by atoms with van der Waals surface area (Å²) in [7, 11) is 0. The molecule has 0 saturated carbocycles. The summed E-state index contributed by atoms with van der Waals surface area (Å²) >= 11 is 1.37. The lowest BCUT2D eigenvalue weighted by molar-refractivity contribution is -0.433. The van der Waals surface area contributed by atoms with E-state index in [0.717, 1.165) is 81.8 Å². The maximum absolute atomic E-state index is 14.7. The minimum atomic E-state index is -2.53. The molecule has 3 aromatic carbocycles. The van der Waals surface area contributed by atoms with Gasteiger partial charge < -0.3 is 91.9 Å².